The predicted octanol–water partition coefficient (Wildman–Crippen LogP) is -0.948. The zero-order chi connectivity index (χ0) is 13.3. The van der Waals surface area contributed by atoms with Crippen molar-refractivity contribution in [2.45, 2.75) is 13.3 Å². The molecule has 0 aliphatic carbocycles. The summed E-state index contributed by atoms with van der Waals surface area (Å²) >= 11 is 0. The number of isocyanates is 1. The highest BCUT2D eigenvalue weighted by Gasteiger charge is 2.27. The molecule has 1 unspecified atom stereocenters. The summed E-state index contributed by atoms with van der Waals surface area (Å²) in [5, 5.41) is 22.3. The monoisotopic (exact) mass is 245 g/mol. The molecule has 17 heavy (non-hydrogen) atoms. The SMILES string of the molecule is CC(CO)(CNC(=O)NCN=C=O)CC(=O)O. The molecule has 0 heterocycles. The number of amides is 2. The quantitative estimate of drug-likeness (QED) is 0.339. The molecule has 0 saturated heterocycles. The minimum absolute atomic E-state index is 0.00750. The molecule has 0 rings (SSSR count). The molecule has 0 aromatic carbocycles. The summed E-state index contributed by atoms with van der Waals surface area (Å²) in [7, 11) is 0. The fourth-order valence-corrected chi connectivity index (χ4v) is 1.04. The van der Waals surface area contributed by atoms with E-state index in [9.17, 15) is 14.4 Å². The number of urea groups is 1. The van der Waals surface area contributed by atoms with E-state index in [1.165, 1.54) is 13.0 Å². The van der Waals surface area contributed by atoms with Crippen molar-refractivity contribution in [1.82, 2.24) is 10.6 Å². The average Bonchev–Trinajstić information content (AvgIpc) is 2.26. The molecule has 8 heteroatoms. The Kier molecular flexibility index (Phi) is 6.54. The number of carboxylic acids is 1. The van der Waals surface area contributed by atoms with Gasteiger partial charge in [0.15, 0.2) is 0 Å². The van der Waals surface area contributed by atoms with Crippen LogP contribution in [0, 0.1) is 5.41 Å². The molecule has 1 atom stereocenters. The van der Waals surface area contributed by atoms with Crippen LogP contribution >= 0.6 is 0 Å². The van der Waals surface area contributed by atoms with Crippen LogP contribution in [0.5, 0.6) is 0 Å². The van der Waals surface area contributed by atoms with Gasteiger partial charge in [-0.3, -0.25) is 4.79 Å². The van der Waals surface area contributed by atoms with Crippen molar-refractivity contribution in [1.29, 1.82) is 0 Å². The van der Waals surface area contributed by atoms with Crippen molar-refractivity contribution in [2.75, 3.05) is 19.8 Å². The maximum atomic E-state index is 11.1. The summed E-state index contributed by atoms with van der Waals surface area (Å²) in [6, 6.07) is -0.603. The van der Waals surface area contributed by atoms with Crippen LogP contribution in [0.15, 0.2) is 4.99 Å². The van der Waals surface area contributed by atoms with E-state index in [0.29, 0.717) is 0 Å². The normalized spacial score (nSPS) is 13.1. The smallest absolute Gasteiger partial charge is 0.316 e. The number of rotatable bonds is 7. The van der Waals surface area contributed by atoms with Crippen molar-refractivity contribution in [3.63, 3.8) is 0 Å². The highest BCUT2D eigenvalue weighted by atomic mass is 16.4. The summed E-state index contributed by atoms with van der Waals surface area (Å²) in [5.41, 5.74) is -0.933. The van der Waals surface area contributed by atoms with E-state index in [-0.39, 0.29) is 26.2 Å². The second kappa shape index (κ2) is 7.37. The lowest BCUT2D eigenvalue weighted by Crippen LogP contribution is -2.43. The first-order valence-corrected chi connectivity index (χ1v) is 4.81. The summed E-state index contributed by atoms with van der Waals surface area (Å²) < 4.78 is 0. The molecule has 0 fully saturated rings. The van der Waals surface area contributed by atoms with Crippen molar-refractivity contribution in [3.05, 3.63) is 0 Å². The highest BCUT2D eigenvalue weighted by Crippen LogP contribution is 2.18. The van der Waals surface area contributed by atoms with Gasteiger partial charge in [0.1, 0.15) is 6.67 Å². The third-order valence-corrected chi connectivity index (χ3v) is 2.02. The Labute approximate surface area is 97.7 Å². The van der Waals surface area contributed by atoms with Gasteiger partial charge in [-0.15, -0.1) is 0 Å². The van der Waals surface area contributed by atoms with E-state index < -0.39 is 17.4 Å². The number of hydrogen-bond donors (Lipinski definition) is 4. The first kappa shape index (κ1) is 15.1. The fourth-order valence-electron chi connectivity index (χ4n) is 1.04. The van der Waals surface area contributed by atoms with Crippen molar-refractivity contribution >= 4 is 18.1 Å². The van der Waals surface area contributed by atoms with E-state index in [2.05, 4.69) is 15.6 Å². The number of carbonyl (C=O) groups excluding carboxylic acids is 2. The summed E-state index contributed by atoms with van der Waals surface area (Å²) in [6.07, 6.45) is 0.980. The van der Waals surface area contributed by atoms with E-state index in [1.54, 1.807) is 0 Å². The van der Waals surface area contributed by atoms with Gasteiger partial charge in [-0.05, 0) is 0 Å². The van der Waals surface area contributed by atoms with Gasteiger partial charge in [0.2, 0.25) is 6.08 Å². The Morgan fingerprint density at radius 3 is 2.53 bits per heavy atom. The molecule has 0 bridgehead atoms. The Morgan fingerprint density at radius 1 is 1.41 bits per heavy atom. The molecule has 0 aliphatic heterocycles. The maximum absolute atomic E-state index is 11.1. The van der Waals surface area contributed by atoms with Gasteiger partial charge in [0.25, 0.3) is 0 Å². The molecule has 0 aromatic rings. The number of aliphatic hydroxyl groups is 1. The molecule has 0 spiro atoms. The lowest BCUT2D eigenvalue weighted by atomic mass is 9.88. The number of aliphatic hydroxyl groups excluding tert-OH is 1. The van der Waals surface area contributed by atoms with Crippen LogP contribution in [0.1, 0.15) is 13.3 Å². The van der Waals surface area contributed by atoms with Crippen molar-refractivity contribution in [3.8, 4) is 0 Å². The molecule has 96 valence electrons. The van der Waals surface area contributed by atoms with E-state index in [0.717, 1.165) is 0 Å². The predicted molar refractivity (Wildman–Crippen MR) is 57.0 cm³/mol. The van der Waals surface area contributed by atoms with Crippen LogP contribution in [0.25, 0.3) is 0 Å². The van der Waals surface area contributed by atoms with Gasteiger partial charge in [-0.25, -0.2) is 9.59 Å². The highest BCUT2D eigenvalue weighted by molar-refractivity contribution is 5.74. The first-order valence-electron chi connectivity index (χ1n) is 4.81. The van der Waals surface area contributed by atoms with Gasteiger partial charge < -0.3 is 20.8 Å². The molecule has 0 aromatic heterocycles. The van der Waals surface area contributed by atoms with Crippen LogP contribution < -0.4 is 10.6 Å². The number of aliphatic carboxylic acids is 1. The van der Waals surface area contributed by atoms with Crippen molar-refractivity contribution < 1.29 is 24.6 Å². The van der Waals surface area contributed by atoms with Crippen LogP contribution in [0.3, 0.4) is 0 Å². The Bertz CT molecular complexity index is 327. The van der Waals surface area contributed by atoms with Crippen LogP contribution in [0.4, 0.5) is 4.79 Å². The van der Waals surface area contributed by atoms with E-state index in [1.807, 2.05) is 0 Å². The Morgan fingerprint density at radius 2 is 2.06 bits per heavy atom. The van der Waals surface area contributed by atoms with Gasteiger partial charge in [-0.2, -0.15) is 4.99 Å². The number of aliphatic imine (C=N–C) groups is 1. The topological polar surface area (TPSA) is 128 Å². The largest absolute Gasteiger partial charge is 0.481 e. The molecule has 2 amide bonds. The second-order valence-electron chi connectivity index (χ2n) is 3.81. The first-order chi connectivity index (χ1) is 7.93. The summed E-state index contributed by atoms with van der Waals surface area (Å²) in [5.74, 6) is -1.06. The molecule has 0 saturated carbocycles. The number of hydrogen-bond acceptors (Lipinski definition) is 5. The van der Waals surface area contributed by atoms with Gasteiger partial charge in [0, 0.05) is 12.0 Å². The zero-order valence-corrected chi connectivity index (χ0v) is 9.39. The second-order valence-corrected chi connectivity index (χ2v) is 3.81. The number of carbonyl (C=O) groups is 2. The van der Waals surface area contributed by atoms with E-state index >= 15 is 0 Å². The van der Waals surface area contributed by atoms with Gasteiger partial charge in [-0.1, -0.05) is 6.92 Å². The Hall–Kier alpha value is -1.92. The molecule has 0 aliphatic rings. The van der Waals surface area contributed by atoms with Crippen molar-refractivity contribution in [2.24, 2.45) is 10.4 Å². The van der Waals surface area contributed by atoms with Crippen LogP contribution in [-0.2, 0) is 9.59 Å². The lowest BCUT2D eigenvalue weighted by Gasteiger charge is -2.25. The standard InChI is InChI=1S/C9H15N3O5/c1-9(4-13,2-7(15)16)3-11-8(17)12-5-10-6-14/h13H,2-5H2,1H3,(H,15,16)(H2,11,12,17). The number of carboxylic acid groups (broad SMARTS) is 1. The number of nitrogens with zero attached hydrogens (tertiary/aromatic N) is 1. The fraction of sp³-hybridized carbons (Fsp3) is 0.667. The van der Waals surface area contributed by atoms with E-state index in [4.69, 9.17) is 10.2 Å². The zero-order valence-electron chi connectivity index (χ0n) is 9.39. The molecule has 8 nitrogen and oxygen atoms in total. The summed E-state index contributed by atoms with van der Waals surface area (Å²) in [6.45, 7) is 0.952. The van der Waals surface area contributed by atoms with Crippen LogP contribution in [-0.4, -0.2) is 48.1 Å². The molecular weight excluding hydrogens is 230 g/mol. The average molecular weight is 245 g/mol. The van der Waals surface area contributed by atoms with Gasteiger partial charge >= 0.3 is 12.0 Å². The van der Waals surface area contributed by atoms with Gasteiger partial charge in [0.05, 0.1) is 13.0 Å². The Balaban J connectivity index is 4.09. The molecule has 0 radical (unpaired) electrons. The summed E-state index contributed by atoms with van der Waals surface area (Å²) in [4.78, 5) is 34.5. The minimum atomic E-state index is -1.06. The maximum Gasteiger partial charge on any atom is 0.316 e. The molecule has 4 N–H and O–H groups in total. The third kappa shape index (κ3) is 7.04. The third-order valence-electron chi connectivity index (χ3n) is 2.02. The lowest BCUT2D eigenvalue weighted by molar-refractivity contribution is -0.140. The molecular formula is C9H15N3O5. The number of nitrogens with one attached hydrogen (secondary N) is 2. The minimum Gasteiger partial charge on any atom is -0.481 e. The van der Waals surface area contributed by atoms with Crippen LogP contribution in [0.2, 0.25) is 0 Å².